The molecule has 0 radical (unpaired) electrons. The lowest BCUT2D eigenvalue weighted by molar-refractivity contribution is -0.130. The topological polar surface area (TPSA) is 80.2 Å². The van der Waals surface area contributed by atoms with Crippen LogP contribution >= 0.6 is 23.1 Å². The Morgan fingerprint density at radius 2 is 2.37 bits per heavy atom. The smallest absolute Gasteiger partial charge is 0.235 e. The summed E-state index contributed by atoms with van der Waals surface area (Å²) in [7, 11) is -1.30. The minimum atomic E-state index is -2.97. The molecule has 19 heavy (non-hydrogen) atoms. The predicted molar refractivity (Wildman–Crippen MR) is 75.1 cm³/mol. The van der Waals surface area contributed by atoms with Gasteiger partial charge in [-0.15, -0.1) is 10.2 Å². The Balaban J connectivity index is 1.95. The number of sulfone groups is 1. The van der Waals surface area contributed by atoms with Gasteiger partial charge in [-0.3, -0.25) is 4.79 Å². The van der Waals surface area contributed by atoms with Gasteiger partial charge in [0.15, 0.2) is 14.2 Å². The Labute approximate surface area is 120 Å². The van der Waals surface area contributed by atoms with Crippen molar-refractivity contribution in [1.82, 2.24) is 15.1 Å². The number of hydrogen-bond acceptors (Lipinski definition) is 7. The lowest BCUT2D eigenvalue weighted by Gasteiger charge is -2.25. The van der Waals surface area contributed by atoms with Gasteiger partial charge in [0.25, 0.3) is 0 Å². The molecule has 0 aromatic carbocycles. The second-order valence-electron chi connectivity index (χ2n) is 4.47. The molecule has 1 aliphatic rings. The fourth-order valence-electron chi connectivity index (χ4n) is 1.96. The Hall–Kier alpha value is -0.670. The van der Waals surface area contributed by atoms with E-state index >= 15 is 0 Å². The van der Waals surface area contributed by atoms with Crippen LogP contribution in [0.3, 0.4) is 0 Å². The van der Waals surface area contributed by atoms with E-state index in [-0.39, 0.29) is 28.7 Å². The zero-order chi connectivity index (χ0) is 14.0. The highest BCUT2D eigenvalue weighted by Gasteiger charge is 2.34. The zero-order valence-corrected chi connectivity index (χ0v) is 13.1. The van der Waals surface area contributed by atoms with Gasteiger partial charge in [0.05, 0.1) is 16.8 Å². The maximum atomic E-state index is 12.2. The first-order chi connectivity index (χ1) is 8.89. The number of thioether (sulfide) groups is 1. The molecule has 106 valence electrons. The van der Waals surface area contributed by atoms with Gasteiger partial charge in [0.2, 0.25) is 5.91 Å². The second-order valence-corrected chi connectivity index (χ2v) is 9.12. The first-order valence-electron chi connectivity index (χ1n) is 5.79. The molecule has 2 rings (SSSR count). The van der Waals surface area contributed by atoms with E-state index in [4.69, 9.17) is 0 Å². The molecule has 0 aliphatic carbocycles. The van der Waals surface area contributed by atoms with Crippen LogP contribution in [0.2, 0.25) is 0 Å². The number of aromatic nitrogens is 2. The molecule has 0 unspecified atom stereocenters. The van der Waals surface area contributed by atoms with Gasteiger partial charge >= 0.3 is 0 Å². The van der Waals surface area contributed by atoms with E-state index in [1.165, 1.54) is 23.1 Å². The van der Waals surface area contributed by atoms with Crippen molar-refractivity contribution < 1.29 is 13.2 Å². The SMILES string of the molecule is C[C@@H](Sc1nncs1)C(=O)N(C)[C@H]1CCS(=O)(=O)C1. The van der Waals surface area contributed by atoms with E-state index in [0.29, 0.717) is 6.42 Å². The third kappa shape index (κ3) is 3.67. The summed E-state index contributed by atoms with van der Waals surface area (Å²) < 4.78 is 23.6. The van der Waals surface area contributed by atoms with Gasteiger partial charge in [-0.05, 0) is 13.3 Å². The quantitative estimate of drug-likeness (QED) is 0.758. The van der Waals surface area contributed by atoms with Gasteiger partial charge in [0.1, 0.15) is 5.51 Å². The molecule has 1 fully saturated rings. The molecule has 1 amide bonds. The molecule has 0 saturated carbocycles. The molecule has 1 aromatic heterocycles. The van der Waals surface area contributed by atoms with E-state index in [1.807, 2.05) is 0 Å². The summed E-state index contributed by atoms with van der Waals surface area (Å²) in [5.74, 6) is 0.181. The van der Waals surface area contributed by atoms with Crippen molar-refractivity contribution in [3.8, 4) is 0 Å². The van der Waals surface area contributed by atoms with Crippen molar-refractivity contribution in [1.29, 1.82) is 0 Å². The summed E-state index contributed by atoms with van der Waals surface area (Å²) in [5, 5.41) is 7.31. The molecular formula is C10H15N3O3S3. The number of nitrogens with zero attached hydrogens (tertiary/aromatic N) is 3. The van der Waals surface area contributed by atoms with Crippen LogP contribution in [-0.2, 0) is 14.6 Å². The lowest BCUT2D eigenvalue weighted by Crippen LogP contribution is -2.41. The highest BCUT2D eigenvalue weighted by molar-refractivity contribution is 8.02. The third-order valence-electron chi connectivity index (χ3n) is 3.07. The minimum absolute atomic E-state index is 0.0673. The van der Waals surface area contributed by atoms with Crippen LogP contribution in [0.5, 0.6) is 0 Å². The Morgan fingerprint density at radius 1 is 1.63 bits per heavy atom. The van der Waals surface area contributed by atoms with Crippen LogP contribution in [0.1, 0.15) is 13.3 Å². The standard InChI is InChI=1S/C10H15N3O3S3/c1-7(18-10-12-11-6-17-10)9(14)13(2)8-3-4-19(15,16)5-8/h6-8H,3-5H2,1-2H3/t7-,8+/m1/s1. The molecule has 0 bridgehead atoms. The number of hydrogen-bond donors (Lipinski definition) is 0. The van der Waals surface area contributed by atoms with Gasteiger partial charge < -0.3 is 4.90 Å². The van der Waals surface area contributed by atoms with Crippen LogP contribution in [0.4, 0.5) is 0 Å². The monoisotopic (exact) mass is 321 g/mol. The molecule has 9 heteroatoms. The molecule has 0 spiro atoms. The van der Waals surface area contributed by atoms with Crippen molar-refractivity contribution in [2.24, 2.45) is 0 Å². The fourth-order valence-corrected chi connectivity index (χ4v) is 5.46. The van der Waals surface area contributed by atoms with E-state index in [2.05, 4.69) is 10.2 Å². The zero-order valence-electron chi connectivity index (χ0n) is 10.6. The van der Waals surface area contributed by atoms with Crippen LogP contribution in [0, 0.1) is 0 Å². The summed E-state index contributed by atoms with van der Waals surface area (Å²) >= 11 is 2.74. The summed E-state index contributed by atoms with van der Waals surface area (Å²) in [6.07, 6.45) is 0.529. The van der Waals surface area contributed by atoms with Crippen molar-refractivity contribution in [2.75, 3.05) is 18.6 Å². The largest absolute Gasteiger partial charge is 0.341 e. The van der Waals surface area contributed by atoms with E-state index < -0.39 is 9.84 Å². The van der Waals surface area contributed by atoms with E-state index in [0.717, 1.165) is 4.34 Å². The minimum Gasteiger partial charge on any atom is -0.341 e. The molecule has 6 nitrogen and oxygen atoms in total. The van der Waals surface area contributed by atoms with Crippen LogP contribution < -0.4 is 0 Å². The first kappa shape index (κ1) is 14.7. The maximum Gasteiger partial charge on any atom is 0.235 e. The van der Waals surface area contributed by atoms with E-state index in [1.54, 1.807) is 24.4 Å². The Kier molecular flexibility index (Phi) is 4.46. The summed E-state index contributed by atoms with van der Waals surface area (Å²) in [6.45, 7) is 1.80. The van der Waals surface area contributed by atoms with Crippen LogP contribution in [0.15, 0.2) is 9.85 Å². The Bertz CT molecular complexity index is 544. The third-order valence-corrected chi connectivity index (χ3v) is 6.72. The van der Waals surface area contributed by atoms with Crippen molar-refractivity contribution >= 4 is 38.8 Å². The van der Waals surface area contributed by atoms with Crippen molar-refractivity contribution in [3.63, 3.8) is 0 Å². The number of amides is 1. The summed E-state index contributed by atoms with van der Waals surface area (Å²) in [5.41, 5.74) is 1.62. The average Bonchev–Trinajstić information content (AvgIpc) is 2.96. The van der Waals surface area contributed by atoms with Gasteiger partial charge in [0, 0.05) is 13.1 Å². The molecular weight excluding hydrogens is 306 g/mol. The number of carbonyl (C=O) groups excluding carboxylic acids is 1. The molecule has 0 N–H and O–H groups in total. The first-order valence-corrected chi connectivity index (χ1v) is 9.37. The predicted octanol–water partition coefficient (Wildman–Crippen LogP) is 0.664. The fraction of sp³-hybridized carbons (Fsp3) is 0.700. The number of carbonyl (C=O) groups is 1. The van der Waals surface area contributed by atoms with Crippen LogP contribution in [-0.4, -0.2) is 59.3 Å². The van der Waals surface area contributed by atoms with Crippen LogP contribution in [0.25, 0.3) is 0 Å². The van der Waals surface area contributed by atoms with E-state index in [9.17, 15) is 13.2 Å². The Morgan fingerprint density at radius 3 is 2.89 bits per heavy atom. The van der Waals surface area contributed by atoms with Crippen molar-refractivity contribution in [3.05, 3.63) is 5.51 Å². The highest BCUT2D eigenvalue weighted by atomic mass is 32.2. The van der Waals surface area contributed by atoms with Gasteiger partial charge in [-0.25, -0.2) is 8.42 Å². The molecule has 2 atom stereocenters. The molecule has 1 aliphatic heterocycles. The lowest BCUT2D eigenvalue weighted by atomic mass is 10.2. The summed E-state index contributed by atoms with van der Waals surface area (Å²) in [6, 6.07) is -0.199. The molecule has 1 saturated heterocycles. The van der Waals surface area contributed by atoms with Gasteiger partial charge in [-0.1, -0.05) is 23.1 Å². The van der Waals surface area contributed by atoms with Crippen molar-refractivity contribution in [2.45, 2.75) is 29.0 Å². The number of rotatable bonds is 4. The highest BCUT2D eigenvalue weighted by Crippen LogP contribution is 2.26. The second kappa shape index (κ2) is 5.76. The molecule has 2 heterocycles. The molecule has 1 aromatic rings. The van der Waals surface area contributed by atoms with Gasteiger partial charge in [-0.2, -0.15) is 0 Å². The average molecular weight is 321 g/mol. The normalized spacial score (nSPS) is 23.2. The maximum absolute atomic E-state index is 12.2. The summed E-state index contributed by atoms with van der Waals surface area (Å²) in [4.78, 5) is 13.8.